The van der Waals surface area contributed by atoms with Crippen molar-refractivity contribution < 1.29 is 19.9 Å². The monoisotopic (exact) mass is 438 g/mol. The summed E-state index contributed by atoms with van der Waals surface area (Å²) in [6, 6.07) is 13.7. The molecule has 0 heterocycles. The number of anilines is 2. The fraction of sp³-hybridized carbons (Fsp3) is 0.227. The fourth-order valence-corrected chi connectivity index (χ4v) is 2.55. The summed E-state index contributed by atoms with van der Waals surface area (Å²) in [5, 5.41) is 25.7. The van der Waals surface area contributed by atoms with Gasteiger partial charge in [0.25, 0.3) is 0 Å². The number of hydrogen-bond acceptors (Lipinski definition) is 7. The van der Waals surface area contributed by atoms with Crippen LogP contribution in [0, 0.1) is 0 Å². The van der Waals surface area contributed by atoms with Crippen molar-refractivity contribution in [2.75, 3.05) is 30.3 Å². The SMILES string of the molecule is CC(=NCC(=O)CO)c1ccc(NC(=O)Nc2ccc(C(C)=NC/C(N)=N/O)cc2)cc1. The van der Waals surface area contributed by atoms with E-state index >= 15 is 0 Å². The number of rotatable bonds is 9. The van der Waals surface area contributed by atoms with Crippen molar-refractivity contribution in [3.8, 4) is 0 Å². The van der Waals surface area contributed by atoms with Gasteiger partial charge in [0, 0.05) is 22.8 Å². The third-order valence-corrected chi connectivity index (χ3v) is 4.40. The molecule has 0 aliphatic carbocycles. The van der Waals surface area contributed by atoms with E-state index in [1.165, 1.54) is 0 Å². The molecule has 0 saturated carbocycles. The van der Waals surface area contributed by atoms with Crippen molar-refractivity contribution in [2.45, 2.75) is 13.8 Å². The Hall–Kier alpha value is -4.05. The standard InChI is InChI=1S/C22H26N6O4/c1-14(24-11-20(30)13-29)16-3-7-18(8-4-16)26-22(31)27-19-9-5-17(6-10-19)15(2)25-12-21(23)28-32/h3-10,29,32H,11-13H2,1-2H3,(H2,23,28)(H2,26,27,31). The predicted molar refractivity (Wildman–Crippen MR) is 125 cm³/mol. The van der Waals surface area contributed by atoms with Crippen LogP contribution < -0.4 is 16.4 Å². The first-order valence-corrected chi connectivity index (χ1v) is 9.72. The van der Waals surface area contributed by atoms with Gasteiger partial charge in [-0.2, -0.15) is 0 Å². The van der Waals surface area contributed by atoms with E-state index in [0.29, 0.717) is 22.8 Å². The number of amides is 2. The highest BCUT2D eigenvalue weighted by molar-refractivity contribution is 6.03. The van der Waals surface area contributed by atoms with Gasteiger partial charge in [-0.05, 0) is 49.2 Å². The number of urea groups is 1. The molecular formula is C22H26N6O4. The molecule has 2 aromatic rings. The molecule has 0 unspecified atom stereocenters. The Bertz CT molecular complexity index is 1030. The third-order valence-electron chi connectivity index (χ3n) is 4.40. The van der Waals surface area contributed by atoms with Gasteiger partial charge in [0.05, 0.1) is 0 Å². The molecular weight excluding hydrogens is 412 g/mol. The van der Waals surface area contributed by atoms with Crippen LogP contribution in [0.1, 0.15) is 25.0 Å². The van der Waals surface area contributed by atoms with Crippen LogP contribution in [0.3, 0.4) is 0 Å². The normalized spacial score (nSPS) is 12.4. The molecule has 0 saturated heterocycles. The molecule has 2 rings (SSSR count). The van der Waals surface area contributed by atoms with Crippen LogP contribution in [0.5, 0.6) is 0 Å². The lowest BCUT2D eigenvalue weighted by atomic mass is 10.1. The Labute approximate surface area is 185 Å². The number of aliphatic hydroxyl groups excluding tert-OH is 1. The molecule has 0 radical (unpaired) electrons. The minimum Gasteiger partial charge on any atom is -0.409 e. The zero-order valence-corrected chi connectivity index (χ0v) is 17.9. The molecule has 0 fully saturated rings. The maximum Gasteiger partial charge on any atom is 0.323 e. The Morgan fingerprint density at radius 2 is 1.28 bits per heavy atom. The molecule has 0 bridgehead atoms. The van der Waals surface area contributed by atoms with Gasteiger partial charge in [0.15, 0.2) is 11.6 Å². The largest absolute Gasteiger partial charge is 0.409 e. The second-order valence-electron chi connectivity index (χ2n) is 6.83. The van der Waals surface area contributed by atoms with Crippen LogP contribution >= 0.6 is 0 Å². The number of Topliss-reactive ketones (excluding diaryl/α,β-unsaturated/α-hetero) is 1. The summed E-state index contributed by atoms with van der Waals surface area (Å²) in [6.45, 7) is 3.07. The molecule has 168 valence electrons. The number of amidine groups is 1. The number of oxime groups is 1. The summed E-state index contributed by atoms with van der Waals surface area (Å²) < 4.78 is 0. The Balaban J connectivity index is 1.93. The van der Waals surface area contributed by atoms with Gasteiger partial charge in [-0.25, -0.2) is 4.79 Å². The number of nitrogens with zero attached hydrogens (tertiary/aromatic N) is 3. The number of benzene rings is 2. The average molecular weight is 438 g/mol. The zero-order chi connectivity index (χ0) is 23.5. The Kier molecular flexibility index (Phi) is 9.05. The number of carbonyl (C=O) groups excluding carboxylic acids is 2. The first kappa shape index (κ1) is 24.2. The molecule has 2 amide bonds. The van der Waals surface area contributed by atoms with E-state index in [-0.39, 0.29) is 24.7 Å². The number of carbonyl (C=O) groups is 2. The quantitative estimate of drug-likeness (QED) is 0.175. The second-order valence-corrected chi connectivity index (χ2v) is 6.83. The minimum atomic E-state index is -0.528. The van der Waals surface area contributed by atoms with Gasteiger partial charge in [-0.3, -0.25) is 14.8 Å². The number of aliphatic hydroxyl groups is 1. The molecule has 0 aromatic heterocycles. The van der Waals surface area contributed by atoms with Gasteiger partial charge in [-0.1, -0.05) is 29.4 Å². The van der Waals surface area contributed by atoms with E-state index in [4.69, 9.17) is 16.0 Å². The maximum atomic E-state index is 12.3. The molecule has 32 heavy (non-hydrogen) atoms. The number of nitrogens with one attached hydrogen (secondary N) is 2. The lowest BCUT2D eigenvalue weighted by Gasteiger charge is -2.09. The van der Waals surface area contributed by atoms with E-state index in [2.05, 4.69) is 25.8 Å². The van der Waals surface area contributed by atoms with Crippen LogP contribution in [-0.4, -0.2) is 59.1 Å². The van der Waals surface area contributed by atoms with Crippen molar-refractivity contribution in [3.05, 3.63) is 59.7 Å². The topological polar surface area (TPSA) is 162 Å². The fourth-order valence-electron chi connectivity index (χ4n) is 2.55. The maximum absolute atomic E-state index is 12.3. The highest BCUT2D eigenvalue weighted by atomic mass is 16.4. The molecule has 6 N–H and O–H groups in total. The number of aliphatic imine (C=N–C) groups is 2. The van der Waals surface area contributed by atoms with Crippen LogP contribution in [0.25, 0.3) is 0 Å². The van der Waals surface area contributed by atoms with E-state index in [1.54, 1.807) is 62.4 Å². The third kappa shape index (κ3) is 7.65. The summed E-state index contributed by atoms with van der Waals surface area (Å²) in [4.78, 5) is 31.8. The number of nitrogens with two attached hydrogens (primary N) is 1. The van der Waals surface area contributed by atoms with E-state index in [0.717, 1.165) is 11.1 Å². The first-order chi connectivity index (χ1) is 15.3. The lowest BCUT2D eigenvalue weighted by molar-refractivity contribution is -0.120. The van der Waals surface area contributed by atoms with Gasteiger partial charge in [0.1, 0.15) is 19.7 Å². The van der Waals surface area contributed by atoms with E-state index in [9.17, 15) is 9.59 Å². The van der Waals surface area contributed by atoms with Crippen molar-refractivity contribution in [1.82, 2.24) is 0 Å². The average Bonchev–Trinajstić information content (AvgIpc) is 2.81. The van der Waals surface area contributed by atoms with E-state index in [1.807, 2.05) is 0 Å². The smallest absolute Gasteiger partial charge is 0.323 e. The van der Waals surface area contributed by atoms with Gasteiger partial charge >= 0.3 is 6.03 Å². The van der Waals surface area contributed by atoms with Crippen molar-refractivity contribution >= 4 is 40.4 Å². The van der Waals surface area contributed by atoms with Crippen molar-refractivity contribution in [3.63, 3.8) is 0 Å². The zero-order valence-electron chi connectivity index (χ0n) is 17.9. The van der Waals surface area contributed by atoms with Crippen LogP contribution in [0.4, 0.5) is 16.2 Å². The summed E-state index contributed by atoms with van der Waals surface area (Å²) >= 11 is 0. The van der Waals surface area contributed by atoms with E-state index < -0.39 is 12.6 Å². The summed E-state index contributed by atoms with van der Waals surface area (Å²) in [6.07, 6.45) is 0. The van der Waals surface area contributed by atoms with Crippen LogP contribution in [0.15, 0.2) is 63.7 Å². The molecule has 0 atom stereocenters. The highest BCUT2D eigenvalue weighted by Crippen LogP contribution is 2.14. The van der Waals surface area contributed by atoms with Crippen LogP contribution in [-0.2, 0) is 4.79 Å². The number of hydrogen-bond donors (Lipinski definition) is 5. The van der Waals surface area contributed by atoms with Gasteiger partial charge < -0.3 is 26.7 Å². The Morgan fingerprint density at radius 1 is 0.844 bits per heavy atom. The highest BCUT2D eigenvalue weighted by Gasteiger charge is 2.05. The van der Waals surface area contributed by atoms with Crippen molar-refractivity contribution in [1.29, 1.82) is 0 Å². The summed E-state index contributed by atoms with van der Waals surface area (Å²) in [7, 11) is 0. The second kappa shape index (κ2) is 12.0. The molecule has 0 aliphatic heterocycles. The van der Waals surface area contributed by atoms with Gasteiger partial charge in [0.2, 0.25) is 0 Å². The molecule has 10 heteroatoms. The molecule has 2 aromatic carbocycles. The first-order valence-electron chi connectivity index (χ1n) is 9.72. The van der Waals surface area contributed by atoms with Crippen molar-refractivity contribution in [2.24, 2.45) is 20.9 Å². The molecule has 10 nitrogen and oxygen atoms in total. The van der Waals surface area contributed by atoms with Crippen LogP contribution in [0.2, 0.25) is 0 Å². The minimum absolute atomic E-state index is 0.0200. The lowest BCUT2D eigenvalue weighted by Crippen LogP contribution is -2.19. The van der Waals surface area contributed by atoms with Gasteiger partial charge in [-0.15, -0.1) is 0 Å². The summed E-state index contributed by atoms with van der Waals surface area (Å²) in [5.41, 5.74) is 9.62. The summed E-state index contributed by atoms with van der Waals surface area (Å²) in [5.74, 6) is -0.331. The number of ketones is 1. The molecule has 0 spiro atoms. The molecule has 0 aliphatic rings. The Morgan fingerprint density at radius 3 is 1.69 bits per heavy atom. The predicted octanol–water partition coefficient (Wildman–Crippen LogP) is 2.26.